The first-order chi connectivity index (χ1) is 9.79. The molecule has 1 saturated heterocycles. The molecule has 7 nitrogen and oxygen atoms in total. The zero-order valence-electron chi connectivity index (χ0n) is 11.2. The summed E-state index contributed by atoms with van der Waals surface area (Å²) in [5.41, 5.74) is 1.01. The van der Waals surface area contributed by atoms with Crippen LogP contribution in [0, 0.1) is 6.92 Å². The zero-order valence-corrected chi connectivity index (χ0v) is 12.0. The fourth-order valence-electron chi connectivity index (χ4n) is 2.73. The van der Waals surface area contributed by atoms with Crippen LogP contribution in [0.15, 0.2) is 18.9 Å². The summed E-state index contributed by atoms with van der Waals surface area (Å²) < 4.78 is 3.77. The van der Waals surface area contributed by atoms with Crippen LogP contribution in [0.4, 0.5) is 5.13 Å². The molecule has 4 rings (SSSR count). The Hall–Kier alpha value is -1.96. The molecule has 0 unspecified atom stereocenters. The van der Waals surface area contributed by atoms with Crippen LogP contribution < -0.4 is 4.90 Å². The maximum absolute atomic E-state index is 4.65. The molecule has 0 radical (unpaired) electrons. The van der Waals surface area contributed by atoms with Crippen LogP contribution in [0.3, 0.4) is 0 Å². The van der Waals surface area contributed by atoms with Gasteiger partial charge in [0.2, 0.25) is 10.1 Å². The van der Waals surface area contributed by atoms with Crippen LogP contribution >= 0.6 is 11.3 Å². The van der Waals surface area contributed by atoms with Crippen molar-refractivity contribution in [2.45, 2.75) is 32.4 Å². The highest BCUT2D eigenvalue weighted by Gasteiger charge is 2.28. The first-order valence-corrected chi connectivity index (χ1v) is 7.53. The van der Waals surface area contributed by atoms with Gasteiger partial charge in [-0.15, -0.1) is 5.10 Å². The Morgan fingerprint density at radius 2 is 2.40 bits per heavy atom. The normalized spacial score (nSPS) is 19.2. The summed E-state index contributed by atoms with van der Waals surface area (Å²) in [6, 6.07) is 0.439. The quantitative estimate of drug-likeness (QED) is 0.728. The van der Waals surface area contributed by atoms with Crippen molar-refractivity contribution in [3.8, 4) is 0 Å². The van der Waals surface area contributed by atoms with Crippen LogP contribution in [0.1, 0.15) is 18.5 Å². The molecule has 0 spiro atoms. The highest BCUT2D eigenvalue weighted by molar-refractivity contribution is 7.20. The Kier molecular flexibility index (Phi) is 2.69. The predicted molar refractivity (Wildman–Crippen MR) is 76.0 cm³/mol. The molecule has 1 aliphatic rings. The molecule has 0 bridgehead atoms. The molecule has 3 aromatic rings. The first-order valence-electron chi connectivity index (χ1n) is 6.71. The number of rotatable bonds is 3. The second-order valence-corrected chi connectivity index (χ2v) is 6.04. The van der Waals surface area contributed by atoms with Crippen molar-refractivity contribution in [2.24, 2.45) is 0 Å². The van der Waals surface area contributed by atoms with Gasteiger partial charge in [0.15, 0.2) is 0 Å². The van der Waals surface area contributed by atoms with Crippen LogP contribution in [0.2, 0.25) is 0 Å². The van der Waals surface area contributed by atoms with Crippen molar-refractivity contribution in [3.63, 3.8) is 0 Å². The number of aromatic nitrogens is 6. The maximum atomic E-state index is 4.65. The van der Waals surface area contributed by atoms with Gasteiger partial charge in [-0.05, 0) is 19.8 Å². The highest BCUT2D eigenvalue weighted by atomic mass is 32.1. The molecule has 104 valence electrons. The third-order valence-corrected chi connectivity index (χ3v) is 4.60. The lowest BCUT2D eigenvalue weighted by Gasteiger charge is -2.23. The lowest BCUT2D eigenvalue weighted by atomic mass is 10.2. The molecule has 8 heteroatoms. The van der Waals surface area contributed by atoms with Gasteiger partial charge in [0.1, 0.15) is 12.7 Å². The molecule has 0 aliphatic carbocycles. The van der Waals surface area contributed by atoms with Crippen molar-refractivity contribution in [1.82, 2.24) is 29.4 Å². The van der Waals surface area contributed by atoms with Crippen molar-refractivity contribution >= 4 is 21.4 Å². The molecule has 20 heavy (non-hydrogen) atoms. The summed E-state index contributed by atoms with van der Waals surface area (Å²) >= 11 is 1.65. The Morgan fingerprint density at radius 1 is 1.45 bits per heavy atom. The topological polar surface area (TPSA) is 64.1 Å². The third kappa shape index (κ3) is 1.96. The SMILES string of the molecule is Cc1cn2nc(N3CCC[C@@H]3Cn3cncn3)sc2n1. The van der Waals surface area contributed by atoms with Crippen molar-refractivity contribution in [2.75, 3.05) is 11.4 Å². The minimum absolute atomic E-state index is 0.439. The number of nitrogens with zero attached hydrogens (tertiary/aromatic N) is 7. The molecular formula is C12H15N7S. The fraction of sp³-hybridized carbons (Fsp3) is 0.500. The molecule has 1 atom stereocenters. The summed E-state index contributed by atoms with van der Waals surface area (Å²) in [5, 5.41) is 9.90. The molecule has 0 aromatic carbocycles. The zero-order chi connectivity index (χ0) is 13.5. The second-order valence-electron chi connectivity index (χ2n) is 5.10. The van der Waals surface area contributed by atoms with E-state index in [-0.39, 0.29) is 0 Å². The lowest BCUT2D eigenvalue weighted by Crippen LogP contribution is -2.33. The molecule has 4 heterocycles. The van der Waals surface area contributed by atoms with E-state index in [1.807, 2.05) is 22.3 Å². The second kappa shape index (κ2) is 4.55. The average Bonchev–Trinajstić information content (AvgIpc) is 3.12. The van der Waals surface area contributed by atoms with E-state index in [9.17, 15) is 0 Å². The van der Waals surface area contributed by atoms with E-state index in [4.69, 9.17) is 0 Å². The van der Waals surface area contributed by atoms with E-state index in [0.717, 1.165) is 28.9 Å². The van der Waals surface area contributed by atoms with Crippen molar-refractivity contribution in [1.29, 1.82) is 0 Å². The van der Waals surface area contributed by atoms with E-state index >= 15 is 0 Å². The smallest absolute Gasteiger partial charge is 0.214 e. The van der Waals surface area contributed by atoms with E-state index < -0.39 is 0 Å². The standard InChI is InChI=1S/C12H15N7S/c1-9-5-19-11(15-9)20-12(16-19)18-4-2-3-10(18)6-17-8-13-7-14-17/h5,7-8,10H,2-4,6H2,1H3/t10-/m1/s1. The molecule has 3 aromatic heterocycles. The number of anilines is 1. The molecule has 1 aliphatic heterocycles. The number of aryl methyl sites for hydroxylation is 1. The first kappa shape index (κ1) is 11.8. The molecule has 0 amide bonds. The summed E-state index contributed by atoms with van der Waals surface area (Å²) in [4.78, 5) is 11.8. The largest absolute Gasteiger partial charge is 0.342 e. The minimum Gasteiger partial charge on any atom is -0.342 e. The van der Waals surface area contributed by atoms with Crippen LogP contribution in [-0.4, -0.2) is 41.9 Å². The van der Waals surface area contributed by atoms with Gasteiger partial charge in [0.05, 0.1) is 24.5 Å². The van der Waals surface area contributed by atoms with E-state index in [1.165, 1.54) is 12.8 Å². The van der Waals surface area contributed by atoms with Crippen LogP contribution in [-0.2, 0) is 6.54 Å². The van der Waals surface area contributed by atoms with Gasteiger partial charge in [0, 0.05) is 6.54 Å². The van der Waals surface area contributed by atoms with E-state index in [0.29, 0.717) is 6.04 Å². The van der Waals surface area contributed by atoms with Gasteiger partial charge in [0.25, 0.3) is 0 Å². The van der Waals surface area contributed by atoms with Gasteiger partial charge in [-0.2, -0.15) is 5.10 Å². The van der Waals surface area contributed by atoms with E-state index in [1.54, 1.807) is 24.0 Å². The summed E-state index contributed by atoms with van der Waals surface area (Å²) in [6.45, 7) is 3.90. The molecular weight excluding hydrogens is 274 g/mol. The maximum Gasteiger partial charge on any atom is 0.214 e. The van der Waals surface area contributed by atoms with Gasteiger partial charge >= 0.3 is 0 Å². The molecule has 1 fully saturated rings. The minimum atomic E-state index is 0.439. The highest BCUT2D eigenvalue weighted by Crippen LogP contribution is 2.30. The number of hydrogen-bond donors (Lipinski definition) is 0. The number of fused-ring (bicyclic) bond motifs is 1. The Morgan fingerprint density at radius 3 is 3.20 bits per heavy atom. The van der Waals surface area contributed by atoms with Crippen molar-refractivity contribution < 1.29 is 0 Å². The van der Waals surface area contributed by atoms with Crippen LogP contribution in [0.5, 0.6) is 0 Å². The van der Waals surface area contributed by atoms with Gasteiger partial charge in [-0.25, -0.2) is 14.5 Å². The summed E-state index contributed by atoms with van der Waals surface area (Å²) in [6.07, 6.45) is 7.69. The van der Waals surface area contributed by atoms with Gasteiger partial charge < -0.3 is 4.90 Å². The third-order valence-electron chi connectivity index (χ3n) is 3.64. The molecule has 0 N–H and O–H groups in total. The summed E-state index contributed by atoms with van der Waals surface area (Å²) in [7, 11) is 0. The fourth-order valence-corrected chi connectivity index (χ4v) is 3.76. The summed E-state index contributed by atoms with van der Waals surface area (Å²) in [5.74, 6) is 0. The Balaban J connectivity index is 1.60. The van der Waals surface area contributed by atoms with E-state index in [2.05, 4.69) is 25.1 Å². The number of imidazole rings is 1. The number of hydrogen-bond acceptors (Lipinski definition) is 6. The van der Waals surface area contributed by atoms with Crippen LogP contribution in [0.25, 0.3) is 4.96 Å². The lowest BCUT2D eigenvalue weighted by molar-refractivity contribution is 0.507. The van der Waals surface area contributed by atoms with Gasteiger partial charge in [-0.1, -0.05) is 11.3 Å². The van der Waals surface area contributed by atoms with Crippen molar-refractivity contribution in [3.05, 3.63) is 24.5 Å². The average molecular weight is 289 g/mol. The predicted octanol–water partition coefficient (Wildman–Crippen LogP) is 1.36. The Labute approximate surface area is 119 Å². The monoisotopic (exact) mass is 289 g/mol. The Bertz CT molecular complexity index is 682. The van der Waals surface area contributed by atoms with Gasteiger partial charge in [-0.3, -0.25) is 4.68 Å². The molecule has 0 saturated carbocycles.